The SMILES string of the molecule is COc1cc2ncc3sc4cc(OC)c(OC)cc4c3c2cc1OC. The quantitative estimate of drug-likeness (QED) is 0.534. The molecule has 0 atom stereocenters. The molecule has 0 N–H and O–H groups in total. The lowest BCUT2D eigenvalue weighted by Crippen LogP contribution is -1.92. The Kier molecular flexibility index (Phi) is 3.77. The Balaban J connectivity index is 2.14. The first-order chi connectivity index (χ1) is 12.2. The molecule has 0 amide bonds. The Labute approximate surface area is 148 Å². The summed E-state index contributed by atoms with van der Waals surface area (Å²) in [7, 11) is 6.55. The molecule has 0 unspecified atom stereocenters. The van der Waals surface area contributed by atoms with E-state index in [1.807, 2.05) is 30.5 Å². The Morgan fingerprint density at radius 1 is 0.680 bits per heavy atom. The zero-order valence-electron chi connectivity index (χ0n) is 14.4. The summed E-state index contributed by atoms with van der Waals surface area (Å²) in [5.74, 6) is 2.78. The molecule has 0 aliphatic rings. The summed E-state index contributed by atoms with van der Waals surface area (Å²) in [4.78, 5) is 4.59. The maximum atomic E-state index is 5.48. The summed E-state index contributed by atoms with van der Waals surface area (Å²) in [6, 6.07) is 7.90. The van der Waals surface area contributed by atoms with E-state index in [0.717, 1.165) is 36.8 Å². The summed E-state index contributed by atoms with van der Waals surface area (Å²) < 4.78 is 24.0. The van der Waals surface area contributed by atoms with Crippen LogP contribution in [0, 0.1) is 0 Å². The van der Waals surface area contributed by atoms with E-state index in [2.05, 4.69) is 4.98 Å². The number of benzene rings is 2. The van der Waals surface area contributed by atoms with Gasteiger partial charge in [0.25, 0.3) is 0 Å². The first-order valence-electron chi connectivity index (χ1n) is 7.69. The van der Waals surface area contributed by atoms with E-state index in [1.165, 1.54) is 0 Å². The largest absolute Gasteiger partial charge is 0.493 e. The second kappa shape index (κ2) is 5.97. The molecule has 2 aromatic heterocycles. The van der Waals surface area contributed by atoms with Gasteiger partial charge in [-0.05, 0) is 12.1 Å². The second-order valence-electron chi connectivity index (χ2n) is 5.53. The number of pyridine rings is 1. The highest BCUT2D eigenvalue weighted by atomic mass is 32.1. The number of methoxy groups -OCH3 is 4. The van der Waals surface area contributed by atoms with E-state index < -0.39 is 0 Å². The molecule has 0 aliphatic heterocycles. The lowest BCUT2D eigenvalue weighted by molar-refractivity contribution is 0.356. The average Bonchev–Trinajstić information content (AvgIpc) is 3.03. The molecule has 0 radical (unpaired) electrons. The Bertz CT molecular complexity index is 1090. The number of hydrogen-bond donors (Lipinski definition) is 0. The minimum Gasteiger partial charge on any atom is -0.493 e. The van der Waals surface area contributed by atoms with Crippen molar-refractivity contribution in [2.75, 3.05) is 28.4 Å². The second-order valence-corrected chi connectivity index (χ2v) is 6.61. The highest BCUT2D eigenvalue weighted by Crippen LogP contribution is 2.44. The number of rotatable bonds is 4. The molecule has 0 saturated carbocycles. The summed E-state index contributed by atoms with van der Waals surface area (Å²) in [5.41, 5.74) is 0.861. The first-order valence-corrected chi connectivity index (χ1v) is 8.50. The van der Waals surface area contributed by atoms with Crippen molar-refractivity contribution < 1.29 is 18.9 Å². The fourth-order valence-electron chi connectivity index (χ4n) is 3.11. The molecule has 6 heteroatoms. The summed E-state index contributed by atoms with van der Waals surface area (Å²) in [6.45, 7) is 0. The summed E-state index contributed by atoms with van der Waals surface area (Å²) in [5, 5.41) is 3.26. The van der Waals surface area contributed by atoms with E-state index in [0.29, 0.717) is 17.2 Å². The number of fused-ring (bicyclic) bond motifs is 5. The summed E-state index contributed by atoms with van der Waals surface area (Å²) in [6.07, 6.45) is 1.90. The van der Waals surface area contributed by atoms with Gasteiger partial charge in [-0.1, -0.05) is 0 Å². The van der Waals surface area contributed by atoms with Gasteiger partial charge in [0.1, 0.15) is 0 Å². The number of thiophene rings is 1. The Morgan fingerprint density at radius 3 is 1.88 bits per heavy atom. The molecule has 0 spiro atoms. The van der Waals surface area contributed by atoms with Crippen LogP contribution >= 0.6 is 11.3 Å². The van der Waals surface area contributed by atoms with Crippen LogP contribution in [0.1, 0.15) is 0 Å². The minimum atomic E-state index is 0.667. The van der Waals surface area contributed by atoms with Gasteiger partial charge < -0.3 is 18.9 Å². The van der Waals surface area contributed by atoms with Crippen LogP contribution in [0.4, 0.5) is 0 Å². The minimum absolute atomic E-state index is 0.667. The molecule has 128 valence electrons. The van der Waals surface area contributed by atoms with E-state index in [-0.39, 0.29) is 0 Å². The molecule has 5 nitrogen and oxygen atoms in total. The van der Waals surface area contributed by atoms with Crippen molar-refractivity contribution in [3.05, 3.63) is 30.5 Å². The maximum Gasteiger partial charge on any atom is 0.162 e. The fraction of sp³-hybridized carbons (Fsp3) is 0.211. The molecule has 0 bridgehead atoms. The van der Waals surface area contributed by atoms with Gasteiger partial charge in [-0.3, -0.25) is 4.98 Å². The van der Waals surface area contributed by atoms with Gasteiger partial charge >= 0.3 is 0 Å². The molecule has 4 rings (SSSR count). The zero-order valence-corrected chi connectivity index (χ0v) is 15.2. The maximum absolute atomic E-state index is 5.48. The van der Waals surface area contributed by atoms with E-state index >= 15 is 0 Å². The number of aromatic nitrogens is 1. The van der Waals surface area contributed by atoms with Crippen LogP contribution in [0.25, 0.3) is 31.1 Å². The van der Waals surface area contributed by atoms with Crippen LogP contribution in [0.5, 0.6) is 23.0 Å². The van der Waals surface area contributed by atoms with Crippen molar-refractivity contribution in [3.8, 4) is 23.0 Å². The molecule has 0 fully saturated rings. The molecular formula is C19H17NO4S. The number of hydrogen-bond acceptors (Lipinski definition) is 6. The van der Waals surface area contributed by atoms with E-state index in [1.54, 1.807) is 39.8 Å². The monoisotopic (exact) mass is 355 g/mol. The molecule has 2 aromatic carbocycles. The van der Waals surface area contributed by atoms with Gasteiger partial charge in [-0.15, -0.1) is 11.3 Å². The van der Waals surface area contributed by atoms with E-state index in [9.17, 15) is 0 Å². The predicted octanol–water partition coefficient (Wildman–Crippen LogP) is 4.64. The normalized spacial score (nSPS) is 11.2. The van der Waals surface area contributed by atoms with Gasteiger partial charge in [0.2, 0.25) is 0 Å². The van der Waals surface area contributed by atoms with Crippen LogP contribution in [0.15, 0.2) is 30.5 Å². The fourth-order valence-corrected chi connectivity index (χ4v) is 4.22. The van der Waals surface area contributed by atoms with Gasteiger partial charge in [0.15, 0.2) is 23.0 Å². The molecule has 0 aliphatic carbocycles. The van der Waals surface area contributed by atoms with Crippen molar-refractivity contribution in [1.82, 2.24) is 4.98 Å². The van der Waals surface area contributed by atoms with Crippen LogP contribution < -0.4 is 18.9 Å². The zero-order chi connectivity index (χ0) is 17.6. The van der Waals surface area contributed by atoms with Gasteiger partial charge in [-0.25, -0.2) is 0 Å². The van der Waals surface area contributed by atoms with E-state index in [4.69, 9.17) is 18.9 Å². The van der Waals surface area contributed by atoms with Crippen molar-refractivity contribution in [1.29, 1.82) is 0 Å². The smallest absolute Gasteiger partial charge is 0.162 e. The van der Waals surface area contributed by atoms with Gasteiger partial charge in [0, 0.05) is 39.2 Å². The van der Waals surface area contributed by atoms with Crippen molar-refractivity contribution >= 4 is 42.4 Å². The third kappa shape index (κ3) is 2.33. The van der Waals surface area contributed by atoms with Gasteiger partial charge in [0.05, 0.1) is 38.7 Å². The highest BCUT2D eigenvalue weighted by molar-refractivity contribution is 7.26. The van der Waals surface area contributed by atoms with Crippen LogP contribution in [-0.4, -0.2) is 33.4 Å². The number of ether oxygens (including phenoxy) is 4. The van der Waals surface area contributed by atoms with Crippen molar-refractivity contribution in [3.63, 3.8) is 0 Å². The van der Waals surface area contributed by atoms with Gasteiger partial charge in [-0.2, -0.15) is 0 Å². The van der Waals surface area contributed by atoms with Crippen LogP contribution in [-0.2, 0) is 0 Å². The molecule has 2 heterocycles. The van der Waals surface area contributed by atoms with Crippen molar-refractivity contribution in [2.45, 2.75) is 0 Å². The average molecular weight is 355 g/mol. The highest BCUT2D eigenvalue weighted by Gasteiger charge is 2.16. The number of nitrogens with zero attached hydrogens (tertiary/aromatic N) is 1. The third-order valence-electron chi connectivity index (χ3n) is 4.31. The van der Waals surface area contributed by atoms with Crippen molar-refractivity contribution in [2.24, 2.45) is 0 Å². The Morgan fingerprint density at radius 2 is 1.24 bits per heavy atom. The summed E-state index contributed by atoms with van der Waals surface area (Å²) >= 11 is 1.68. The molecule has 0 saturated heterocycles. The molecular weight excluding hydrogens is 338 g/mol. The molecule has 25 heavy (non-hydrogen) atoms. The standard InChI is InChI=1S/C19H17NO4S/c1-21-13-5-10-12(7-15(13)23-3)20-9-18-19(10)11-6-14(22-2)16(24-4)8-17(11)25-18/h5-9H,1-4H3. The molecule has 4 aromatic rings. The lowest BCUT2D eigenvalue weighted by Gasteiger charge is -2.10. The Hall–Kier alpha value is -2.73. The van der Waals surface area contributed by atoms with Crippen LogP contribution in [0.2, 0.25) is 0 Å². The first kappa shape index (κ1) is 15.8. The third-order valence-corrected chi connectivity index (χ3v) is 5.40. The topological polar surface area (TPSA) is 49.8 Å². The predicted molar refractivity (Wildman–Crippen MR) is 101 cm³/mol. The van der Waals surface area contributed by atoms with Crippen LogP contribution in [0.3, 0.4) is 0 Å². The lowest BCUT2D eigenvalue weighted by atomic mass is 10.1.